The molecule has 142 valence electrons. The third-order valence-corrected chi connectivity index (χ3v) is 4.80. The Kier molecular flexibility index (Phi) is 7.34. The predicted molar refractivity (Wildman–Crippen MR) is 118 cm³/mol. The first kappa shape index (κ1) is 19.8. The number of carbonyl (C=O) groups excluding carboxylic acids is 1. The van der Waals surface area contributed by atoms with E-state index in [2.05, 4.69) is 72.8 Å². The minimum absolute atomic E-state index is 0.271. The molecule has 0 saturated carbocycles. The van der Waals surface area contributed by atoms with Gasteiger partial charge in [-0.1, -0.05) is 84.9 Å². The lowest BCUT2D eigenvalue weighted by atomic mass is 10.0. The molecule has 0 aliphatic heterocycles. The Hall–Kier alpha value is -2.97. The average molecular weight is 370 g/mol. The molecule has 0 amide bonds. The molecule has 4 aromatic carbocycles. The molecule has 1 N–H and O–H groups in total. The van der Waals surface area contributed by atoms with Crippen LogP contribution < -0.4 is 0 Å². The van der Waals surface area contributed by atoms with Crippen molar-refractivity contribution < 1.29 is 9.90 Å². The number of aryl methyl sites for hydroxylation is 2. The van der Waals surface area contributed by atoms with E-state index in [4.69, 9.17) is 5.11 Å². The Labute approximate surface area is 166 Å². The van der Waals surface area contributed by atoms with Gasteiger partial charge in [0.25, 0.3) is 0 Å². The highest BCUT2D eigenvalue weighted by Crippen LogP contribution is 2.17. The summed E-state index contributed by atoms with van der Waals surface area (Å²) in [6, 6.07) is 29.4. The molecule has 0 atom stereocenters. The summed E-state index contributed by atoms with van der Waals surface area (Å²) in [5.41, 5.74) is 2.54. The topological polar surface area (TPSA) is 37.3 Å². The summed E-state index contributed by atoms with van der Waals surface area (Å²) in [5, 5.41) is 13.8. The molecule has 0 radical (unpaired) electrons. The Morgan fingerprint density at radius 3 is 1.64 bits per heavy atom. The van der Waals surface area contributed by atoms with Crippen molar-refractivity contribution in [3.8, 4) is 0 Å². The second kappa shape index (κ2) is 10.4. The van der Waals surface area contributed by atoms with E-state index in [1.54, 1.807) is 0 Å². The van der Waals surface area contributed by atoms with Crippen molar-refractivity contribution in [2.45, 2.75) is 25.7 Å². The van der Waals surface area contributed by atoms with Crippen LogP contribution in [0.1, 0.15) is 24.0 Å². The first-order valence-corrected chi connectivity index (χ1v) is 9.80. The Morgan fingerprint density at radius 1 is 0.643 bits per heavy atom. The molecule has 2 heteroatoms. The number of aliphatic hydroxyl groups is 1. The van der Waals surface area contributed by atoms with E-state index < -0.39 is 0 Å². The van der Waals surface area contributed by atoms with Gasteiger partial charge in [0.15, 0.2) is 0 Å². The Balaban J connectivity index is 0.000000161. The van der Waals surface area contributed by atoms with Gasteiger partial charge in [-0.3, -0.25) is 0 Å². The normalized spacial score (nSPS) is 10.5. The molecule has 4 aromatic rings. The second-order valence-electron chi connectivity index (χ2n) is 6.90. The van der Waals surface area contributed by atoms with Crippen molar-refractivity contribution >= 4 is 27.8 Å². The molecule has 0 aliphatic rings. The lowest BCUT2D eigenvalue weighted by Gasteiger charge is -2.02. The summed E-state index contributed by atoms with van der Waals surface area (Å²) in [7, 11) is 0. The van der Waals surface area contributed by atoms with Gasteiger partial charge in [-0.05, 0) is 51.9 Å². The van der Waals surface area contributed by atoms with Gasteiger partial charge in [-0.25, -0.2) is 0 Å². The van der Waals surface area contributed by atoms with Crippen LogP contribution in [0, 0.1) is 0 Å². The zero-order valence-corrected chi connectivity index (χ0v) is 16.1. The fourth-order valence-electron chi connectivity index (χ4n) is 3.30. The van der Waals surface area contributed by atoms with Gasteiger partial charge in [0, 0.05) is 13.0 Å². The molecular weight excluding hydrogens is 344 g/mol. The zero-order valence-electron chi connectivity index (χ0n) is 16.1. The summed E-state index contributed by atoms with van der Waals surface area (Å²) < 4.78 is 0. The number of hydrogen-bond acceptors (Lipinski definition) is 2. The van der Waals surface area contributed by atoms with Gasteiger partial charge < -0.3 is 9.90 Å². The van der Waals surface area contributed by atoms with Crippen LogP contribution in [-0.4, -0.2) is 18.0 Å². The van der Waals surface area contributed by atoms with Crippen LogP contribution in [0.3, 0.4) is 0 Å². The van der Waals surface area contributed by atoms with E-state index in [0.29, 0.717) is 6.42 Å². The van der Waals surface area contributed by atoms with Gasteiger partial charge in [-0.15, -0.1) is 0 Å². The van der Waals surface area contributed by atoms with Crippen molar-refractivity contribution in [2.75, 3.05) is 6.61 Å². The molecule has 0 spiro atoms. The highest BCUT2D eigenvalue weighted by Gasteiger charge is 1.96. The number of carbonyl (C=O) groups is 1. The summed E-state index contributed by atoms with van der Waals surface area (Å²) >= 11 is 0. The minimum atomic E-state index is 0.271. The fraction of sp³-hybridized carbons (Fsp3) is 0.192. The van der Waals surface area contributed by atoms with Crippen molar-refractivity contribution in [1.82, 2.24) is 0 Å². The summed E-state index contributed by atoms with van der Waals surface area (Å²) in [5.74, 6) is 0. The maximum absolute atomic E-state index is 10.2. The molecule has 0 bridgehead atoms. The highest BCUT2D eigenvalue weighted by molar-refractivity contribution is 5.83. The fourth-order valence-corrected chi connectivity index (χ4v) is 3.30. The van der Waals surface area contributed by atoms with E-state index in [9.17, 15) is 4.79 Å². The van der Waals surface area contributed by atoms with Gasteiger partial charge >= 0.3 is 0 Å². The van der Waals surface area contributed by atoms with Crippen LogP contribution in [0.4, 0.5) is 0 Å². The Morgan fingerprint density at radius 2 is 1.14 bits per heavy atom. The van der Waals surface area contributed by atoms with E-state index in [1.807, 2.05) is 12.1 Å². The average Bonchev–Trinajstić information content (AvgIpc) is 2.76. The van der Waals surface area contributed by atoms with Crippen molar-refractivity contribution in [3.63, 3.8) is 0 Å². The minimum Gasteiger partial charge on any atom is -0.396 e. The van der Waals surface area contributed by atoms with E-state index >= 15 is 0 Å². The smallest absolute Gasteiger partial charge is 0.120 e. The number of benzene rings is 4. The number of rotatable bonds is 6. The molecule has 0 fully saturated rings. The highest BCUT2D eigenvalue weighted by atomic mass is 16.2. The quantitative estimate of drug-likeness (QED) is 0.440. The summed E-state index contributed by atoms with van der Waals surface area (Å²) in [4.78, 5) is 10.2. The van der Waals surface area contributed by atoms with Crippen molar-refractivity contribution in [2.24, 2.45) is 0 Å². The number of aldehydes is 1. The molecule has 0 aromatic heterocycles. The maximum Gasteiger partial charge on any atom is 0.120 e. The molecule has 0 saturated heterocycles. The van der Waals surface area contributed by atoms with Gasteiger partial charge in [0.2, 0.25) is 0 Å². The first-order chi connectivity index (χ1) is 13.8. The van der Waals surface area contributed by atoms with Crippen LogP contribution in [-0.2, 0) is 17.6 Å². The second-order valence-corrected chi connectivity index (χ2v) is 6.90. The van der Waals surface area contributed by atoms with Gasteiger partial charge in [0.1, 0.15) is 6.29 Å². The Bertz CT molecular complexity index is 1040. The van der Waals surface area contributed by atoms with Crippen LogP contribution in [0.2, 0.25) is 0 Å². The molecule has 28 heavy (non-hydrogen) atoms. The monoisotopic (exact) mass is 370 g/mol. The summed E-state index contributed by atoms with van der Waals surface area (Å²) in [6.07, 6.45) is 4.22. The molecule has 2 nitrogen and oxygen atoms in total. The predicted octanol–water partition coefficient (Wildman–Crippen LogP) is 5.74. The molecule has 4 rings (SSSR count). The third-order valence-electron chi connectivity index (χ3n) is 4.80. The van der Waals surface area contributed by atoms with Crippen LogP contribution in [0.15, 0.2) is 84.9 Å². The lowest BCUT2D eigenvalue weighted by Crippen LogP contribution is -1.88. The number of aliphatic hydroxyl groups excluding tert-OH is 1. The molecule has 0 heterocycles. The molecule has 0 unspecified atom stereocenters. The van der Waals surface area contributed by atoms with Crippen LogP contribution in [0.5, 0.6) is 0 Å². The zero-order chi connectivity index (χ0) is 19.6. The number of fused-ring (bicyclic) bond motifs is 2. The SMILES string of the molecule is O=CCCc1ccc2ccccc2c1.OCCCc1ccc2ccccc2c1. The van der Waals surface area contributed by atoms with E-state index in [0.717, 1.165) is 25.5 Å². The van der Waals surface area contributed by atoms with Crippen LogP contribution in [0.25, 0.3) is 21.5 Å². The molecular formula is C26H26O2. The number of hydrogen-bond donors (Lipinski definition) is 1. The standard InChI is InChI=1S/C13H14O.C13H12O/c2*14-9-3-4-11-7-8-12-5-1-2-6-13(12)10-11/h1-2,5-8,10,14H,3-4,9H2;1-2,5-10H,3-4H2. The van der Waals surface area contributed by atoms with Gasteiger partial charge in [0.05, 0.1) is 0 Å². The summed E-state index contributed by atoms with van der Waals surface area (Å²) in [6.45, 7) is 0.271. The first-order valence-electron chi connectivity index (χ1n) is 9.80. The maximum atomic E-state index is 10.2. The van der Waals surface area contributed by atoms with Crippen LogP contribution >= 0.6 is 0 Å². The van der Waals surface area contributed by atoms with E-state index in [1.165, 1.54) is 32.7 Å². The molecule has 0 aliphatic carbocycles. The third kappa shape index (κ3) is 5.51. The van der Waals surface area contributed by atoms with E-state index in [-0.39, 0.29) is 6.61 Å². The largest absolute Gasteiger partial charge is 0.396 e. The van der Waals surface area contributed by atoms with Gasteiger partial charge in [-0.2, -0.15) is 0 Å². The lowest BCUT2D eigenvalue weighted by molar-refractivity contribution is -0.107. The van der Waals surface area contributed by atoms with Crippen molar-refractivity contribution in [3.05, 3.63) is 96.1 Å². The van der Waals surface area contributed by atoms with Crippen molar-refractivity contribution in [1.29, 1.82) is 0 Å².